The summed E-state index contributed by atoms with van der Waals surface area (Å²) < 4.78 is 5.45. The van der Waals surface area contributed by atoms with Gasteiger partial charge in [0.05, 0.1) is 5.38 Å². The smallest absolute Gasteiger partial charge is 0.312 e. The summed E-state index contributed by atoms with van der Waals surface area (Å²) >= 11 is 6.13. The van der Waals surface area contributed by atoms with E-state index in [0.29, 0.717) is 16.3 Å². The van der Waals surface area contributed by atoms with Gasteiger partial charge in [-0.3, -0.25) is 4.79 Å². The van der Waals surface area contributed by atoms with Gasteiger partial charge in [0.1, 0.15) is 0 Å². The van der Waals surface area contributed by atoms with E-state index in [-0.39, 0.29) is 5.97 Å². The third-order valence-electron chi connectivity index (χ3n) is 1.01. The Labute approximate surface area is 73.0 Å². The number of H-pyrrole nitrogens is 1. The van der Waals surface area contributed by atoms with Crippen LogP contribution in [-0.2, 0) is 4.79 Å². The third kappa shape index (κ3) is 2.44. The first kappa shape index (κ1) is 8.42. The molecular weight excluding hydrogens is 182 g/mol. The Morgan fingerprint density at radius 2 is 2.64 bits per heavy atom. The van der Waals surface area contributed by atoms with Gasteiger partial charge in [0.25, 0.3) is 0 Å². The second kappa shape index (κ2) is 3.64. The normalized spacial score (nSPS) is 9.55. The van der Waals surface area contributed by atoms with Gasteiger partial charge >= 0.3 is 5.97 Å². The van der Waals surface area contributed by atoms with Gasteiger partial charge < -0.3 is 9.72 Å². The summed E-state index contributed by atoms with van der Waals surface area (Å²) in [7, 11) is 0. The summed E-state index contributed by atoms with van der Waals surface area (Å²) in [4.78, 5) is 13.5. The van der Waals surface area contributed by atoms with Crippen molar-refractivity contribution in [2.75, 3.05) is 0 Å². The lowest BCUT2D eigenvalue weighted by atomic mass is 10.5. The van der Waals surface area contributed by atoms with Crippen molar-refractivity contribution in [1.29, 1.82) is 0 Å². The molecule has 1 N–H and O–H groups in total. The summed E-state index contributed by atoms with van der Waals surface area (Å²) in [5.74, 6) is 0.181. The lowest BCUT2D eigenvalue weighted by Gasteiger charge is -1.95. The number of aromatic nitrogens is 1. The molecule has 0 aliphatic heterocycles. The zero-order valence-electron chi connectivity index (χ0n) is 5.92. The van der Waals surface area contributed by atoms with E-state index >= 15 is 0 Å². The summed E-state index contributed by atoms with van der Waals surface area (Å²) in [5.41, 5.74) is 0. The molecule has 0 amide bonds. The van der Waals surface area contributed by atoms with E-state index in [2.05, 4.69) is 4.98 Å². The molecule has 0 spiro atoms. The zero-order valence-corrected chi connectivity index (χ0v) is 7.55. The van der Waals surface area contributed by atoms with E-state index in [0.717, 1.165) is 0 Å². The minimum Gasteiger partial charge on any atom is -0.409 e. The highest BCUT2D eigenvalue weighted by Gasteiger charge is 2.01. The summed E-state index contributed by atoms with van der Waals surface area (Å²) in [6, 6.07) is 0. The molecule has 0 atom stereocenters. The number of hydrogen-bond donors (Lipinski definition) is 1. The van der Waals surface area contributed by atoms with Crippen LogP contribution in [0.4, 0.5) is 0 Å². The summed E-state index contributed by atoms with van der Waals surface area (Å²) in [5, 5.41) is 1.68. The average Bonchev–Trinajstić information content (AvgIpc) is 2.35. The maximum Gasteiger partial charge on any atom is 0.312 e. The van der Waals surface area contributed by atoms with Crippen molar-refractivity contribution in [3.05, 3.63) is 9.33 Å². The average molecular weight is 189 g/mol. The Morgan fingerprint density at radius 1 is 1.91 bits per heavy atom. The molecule has 0 saturated heterocycles. The van der Waals surface area contributed by atoms with Crippen molar-refractivity contribution >= 4 is 29.5 Å². The van der Waals surface area contributed by atoms with Crippen molar-refractivity contribution in [3.63, 3.8) is 0 Å². The molecule has 3 nitrogen and oxygen atoms in total. The van der Waals surface area contributed by atoms with Gasteiger partial charge in [0.15, 0.2) is 3.95 Å². The summed E-state index contributed by atoms with van der Waals surface area (Å²) in [6.45, 7) is 1.74. The fourth-order valence-corrected chi connectivity index (χ4v) is 1.24. The van der Waals surface area contributed by atoms with Gasteiger partial charge in [-0.05, 0) is 12.2 Å². The summed E-state index contributed by atoms with van der Waals surface area (Å²) in [6.07, 6.45) is 0.371. The SMILES string of the molecule is CCC(=O)Oc1csc(=S)[nH]1. The van der Waals surface area contributed by atoms with Crippen molar-refractivity contribution in [1.82, 2.24) is 4.98 Å². The van der Waals surface area contributed by atoms with Crippen LogP contribution >= 0.6 is 23.6 Å². The quantitative estimate of drug-likeness (QED) is 0.572. The van der Waals surface area contributed by atoms with Crippen LogP contribution in [0.3, 0.4) is 0 Å². The first-order chi connectivity index (χ1) is 5.22. The molecule has 1 heterocycles. The number of rotatable bonds is 2. The molecule has 0 bridgehead atoms. The minimum atomic E-state index is -0.256. The minimum absolute atomic E-state index is 0.256. The Kier molecular flexibility index (Phi) is 2.78. The topological polar surface area (TPSA) is 42.1 Å². The lowest BCUT2D eigenvalue weighted by molar-refractivity contribution is -0.134. The predicted molar refractivity (Wildman–Crippen MR) is 45.4 cm³/mol. The third-order valence-corrected chi connectivity index (χ3v) is 2.05. The van der Waals surface area contributed by atoms with Crippen LogP contribution in [0, 0.1) is 3.95 Å². The number of ether oxygens (including phenoxy) is 1. The molecule has 0 aliphatic carbocycles. The number of carbonyl (C=O) groups excluding carboxylic acids is 1. The maximum absolute atomic E-state index is 10.7. The van der Waals surface area contributed by atoms with E-state index in [1.165, 1.54) is 11.3 Å². The van der Waals surface area contributed by atoms with Crippen LogP contribution in [0.15, 0.2) is 5.38 Å². The molecule has 1 aromatic rings. The Bertz CT molecular complexity index is 302. The van der Waals surface area contributed by atoms with E-state index in [1.807, 2.05) is 0 Å². The Morgan fingerprint density at radius 3 is 3.09 bits per heavy atom. The van der Waals surface area contributed by atoms with Crippen molar-refractivity contribution in [3.8, 4) is 5.88 Å². The fourth-order valence-electron chi connectivity index (χ4n) is 0.511. The highest BCUT2D eigenvalue weighted by Crippen LogP contribution is 2.12. The Balaban J connectivity index is 2.65. The van der Waals surface area contributed by atoms with Crippen LogP contribution in [0.2, 0.25) is 0 Å². The molecule has 60 valence electrons. The fraction of sp³-hybridized carbons (Fsp3) is 0.333. The maximum atomic E-state index is 10.7. The highest BCUT2D eigenvalue weighted by atomic mass is 32.1. The number of thiazole rings is 1. The number of carbonyl (C=O) groups is 1. The highest BCUT2D eigenvalue weighted by molar-refractivity contribution is 7.73. The number of esters is 1. The number of nitrogens with one attached hydrogen (secondary N) is 1. The molecule has 1 aromatic heterocycles. The first-order valence-electron chi connectivity index (χ1n) is 3.11. The molecule has 0 aromatic carbocycles. The van der Waals surface area contributed by atoms with Crippen molar-refractivity contribution in [2.24, 2.45) is 0 Å². The number of aromatic amines is 1. The zero-order chi connectivity index (χ0) is 8.27. The monoisotopic (exact) mass is 189 g/mol. The molecule has 0 radical (unpaired) electrons. The van der Waals surface area contributed by atoms with Crippen LogP contribution < -0.4 is 4.74 Å². The predicted octanol–water partition coefficient (Wildman–Crippen LogP) is 2.12. The molecule has 0 fully saturated rings. The number of hydrogen-bond acceptors (Lipinski definition) is 4. The first-order valence-corrected chi connectivity index (χ1v) is 4.39. The van der Waals surface area contributed by atoms with Crippen molar-refractivity contribution in [2.45, 2.75) is 13.3 Å². The van der Waals surface area contributed by atoms with Gasteiger partial charge in [-0.25, -0.2) is 0 Å². The van der Waals surface area contributed by atoms with E-state index in [9.17, 15) is 4.79 Å². The van der Waals surface area contributed by atoms with Crippen LogP contribution in [0.5, 0.6) is 5.88 Å². The second-order valence-electron chi connectivity index (χ2n) is 1.84. The molecule has 0 saturated carbocycles. The van der Waals surface area contributed by atoms with E-state index in [1.54, 1.807) is 12.3 Å². The van der Waals surface area contributed by atoms with Gasteiger partial charge in [0, 0.05) is 6.42 Å². The molecule has 0 unspecified atom stereocenters. The molecule has 0 aliphatic rings. The van der Waals surface area contributed by atoms with Gasteiger partial charge in [-0.15, -0.1) is 11.3 Å². The molecule has 1 rings (SSSR count). The second-order valence-corrected chi connectivity index (χ2v) is 3.39. The van der Waals surface area contributed by atoms with Crippen LogP contribution in [0.1, 0.15) is 13.3 Å². The van der Waals surface area contributed by atoms with Crippen molar-refractivity contribution < 1.29 is 9.53 Å². The standard InChI is InChI=1S/C6H7NO2S2/c1-2-5(8)9-4-3-11-6(10)7-4/h3H,2H2,1H3,(H,7,10). The van der Waals surface area contributed by atoms with Gasteiger partial charge in [-0.2, -0.15) is 0 Å². The molecule has 5 heteroatoms. The van der Waals surface area contributed by atoms with E-state index < -0.39 is 0 Å². The largest absolute Gasteiger partial charge is 0.409 e. The molecular formula is C6H7NO2S2. The Hall–Kier alpha value is -0.680. The van der Waals surface area contributed by atoms with E-state index in [4.69, 9.17) is 17.0 Å². The lowest BCUT2D eigenvalue weighted by Crippen LogP contribution is -2.05. The van der Waals surface area contributed by atoms with Crippen LogP contribution in [-0.4, -0.2) is 11.0 Å². The van der Waals surface area contributed by atoms with Gasteiger partial charge in [-0.1, -0.05) is 6.92 Å². The van der Waals surface area contributed by atoms with Gasteiger partial charge in [0.2, 0.25) is 5.88 Å². The molecule has 11 heavy (non-hydrogen) atoms. The van der Waals surface area contributed by atoms with Crippen LogP contribution in [0.25, 0.3) is 0 Å².